The quantitative estimate of drug-likeness (QED) is 0.218. The summed E-state index contributed by atoms with van der Waals surface area (Å²) in [4.78, 5) is 11.8. The summed E-state index contributed by atoms with van der Waals surface area (Å²) >= 11 is 0. The van der Waals surface area contributed by atoms with Gasteiger partial charge in [-0.15, -0.1) is 0 Å². The number of ether oxygens (including phenoxy) is 3. The summed E-state index contributed by atoms with van der Waals surface area (Å²) in [5, 5.41) is 4.14. The Hall–Kier alpha value is -2.52. The van der Waals surface area contributed by atoms with Gasteiger partial charge < -0.3 is 0 Å². The third-order valence-corrected chi connectivity index (χ3v) is 10.6. The van der Waals surface area contributed by atoms with E-state index >= 15 is 0 Å². The van der Waals surface area contributed by atoms with E-state index in [2.05, 4.69) is 91.0 Å². The molecule has 3 rings (SSSR count). The summed E-state index contributed by atoms with van der Waals surface area (Å²) in [6.45, 7) is 7.53. The molecule has 0 unspecified atom stereocenters. The van der Waals surface area contributed by atoms with Gasteiger partial charge in [0.15, 0.2) is 0 Å². The van der Waals surface area contributed by atoms with Crippen LogP contribution in [0.1, 0.15) is 27.2 Å². The Labute approximate surface area is 204 Å². The molecule has 0 aliphatic carbocycles. The van der Waals surface area contributed by atoms with Gasteiger partial charge in [-0.1, -0.05) is 0 Å². The van der Waals surface area contributed by atoms with E-state index in [9.17, 15) is 4.79 Å². The van der Waals surface area contributed by atoms with Crippen molar-refractivity contribution in [1.29, 1.82) is 0 Å². The number of hydrogen-bond acceptors (Lipinski definition) is 4. The second-order valence-electron chi connectivity index (χ2n) is 9.31. The Bertz CT molecular complexity index is 888. The van der Waals surface area contributed by atoms with Gasteiger partial charge in [0.1, 0.15) is 0 Å². The average Bonchev–Trinajstić information content (AvgIpc) is 2.84. The summed E-state index contributed by atoms with van der Waals surface area (Å²) in [7, 11) is -2.26. The molecule has 5 heteroatoms. The zero-order chi connectivity index (χ0) is 24.3. The zero-order valence-corrected chi connectivity index (χ0v) is 21.5. The summed E-state index contributed by atoms with van der Waals surface area (Å²) in [6, 6.07) is 32.5. The molecule has 182 valence electrons. The summed E-state index contributed by atoms with van der Waals surface area (Å²) in [5.74, 6) is -0.238. The van der Waals surface area contributed by atoms with E-state index in [0.29, 0.717) is 26.4 Å². The molecule has 3 aromatic carbocycles. The molecule has 0 aliphatic rings. The van der Waals surface area contributed by atoms with Crippen LogP contribution in [0.3, 0.4) is 0 Å². The van der Waals surface area contributed by atoms with Crippen LogP contribution >= 0.6 is 7.26 Å². The minimum atomic E-state index is -2.26. The molecule has 0 N–H and O–H groups in total. The zero-order valence-electron chi connectivity index (χ0n) is 20.5. The van der Waals surface area contributed by atoms with Crippen LogP contribution in [-0.2, 0) is 19.0 Å². The molecule has 34 heavy (non-hydrogen) atoms. The predicted molar refractivity (Wildman–Crippen MR) is 144 cm³/mol. The summed E-state index contributed by atoms with van der Waals surface area (Å²) < 4.78 is 16.9. The first kappa shape index (κ1) is 26.1. The average molecular weight is 481 g/mol. The molecular weight excluding hydrogens is 443 g/mol. The second kappa shape index (κ2) is 12.8. The predicted octanol–water partition coefficient (Wildman–Crippen LogP) is 4.48. The molecule has 4 nitrogen and oxygen atoms in total. The molecule has 0 spiro atoms. The molecule has 0 atom stereocenters. The third kappa shape index (κ3) is 7.50. The van der Waals surface area contributed by atoms with Gasteiger partial charge in [-0.05, 0) is 0 Å². The van der Waals surface area contributed by atoms with Gasteiger partial charge in [0, 0.05) is 0 Å². The molecule has 0 amide bonds. The number of carbonyl (C=O) groups excluding carboxylic acids is 1. The summed E-state index contributed by atoms with van der Waals surface area (Å²) in [6.07, 6.45) is 1.19. The van der Waals surface area contributed by atoms with Crippen LogP contribution in [0, 0.1) is 0 Å². The normalized spacial score (nSPS) is 12.3. The molecule has 0 saturated carbocycles. The molecule has 0 saturated heterocycles. The van der Waals surface area contributed by atoms with Crippen LogP contribution in [0.5, 0.6) is 0 Å². The Morgan fingerprint density at radius 3 is 1.47 bits per heavy atom. The van der Waals surface area contributed by atoms with E-state index in [1.165, 1.54) is 15.9 Å². The van der Waals surface area contributed by atoms with Crippen molar-refractivity contribution in [3.05, 3.63) is 91.0 Å². The van der Waals surface area contributed by atoms with Crippen LogP contribution < -0.4 is 15.9 Å². The maximum absolute atomic E-state index is 11.8. The van der Waals surface area contributed by atoms with Gasteiger partial charge in [0.2, 0.25) is 0 Å². The molecule has 0 radical (unpaired) electrons. The van der Waals surface area contributed by atoms with Crippen LogP contribution in [0.25, 0.3) is 0 Å². The van der Waals surface area contributed by atoms with E-state index in [1.54, 1.807) is 0 Å². The second-order valence-corrected chi connectivity index (χ2v) is 13.4. The van der Waals surface area contributed by atoms with Crippen LogP contribution in [0.2, 0.25) is 0 Å². The van der Waals surface area contributed by atoms with Crippen molar-refractivity contribution in [2.24, 2.45) is 0 Å². The molecule has 3 aromatic rings. The third-order valence-electron chi connectivity index (χ3n) is 5.66. The Morgan fingerprint density at radius 2 is 1.06 bits per heavy atom. The Kier molecular flexibility index (Phi) is 9.83. The molecule has 0 aromatic heterocycles. The fraction of sp³-hybridized carbons (Fsp3) is 0.345. The first-order chi connectivity index (χ1) is 16.4. The van der Waals surface area contributed by atoms with Gasteiger partial charge >= 0.3 is 205 Å². The Balaban J connectivity index is 1.62. The van der Waals surface area contributed by atoms with Crippen molar-refractivity contribution in [3.63, 3.8) is 0 Å². The van der Waals surface area contributed by atoms with E-state index in [-0.39, 0.29) is 12.4 Å². The van der Waals surface area contributed by atoms with E-state index in [4.69, 9.17) is 14.2 Å². The molecule has 0 heterocycles. The molecule has 0 fully saturated rings. The summed E-state index contributed by atoms with van der Waals surface area (Å²) in [5.41, 5.74) is -0.465. The topological polar surface area (TPSA) is 44.8 Å². The van der Waals surface area contributed by atoms with Crippen LogP contribution in [0.4, 0.5) is 0 Å². The van der Waals surface area contributed by atoms with Gasteiger partial charge in [-0.25, -0.2) is 0 Å². The first-order valence-corrected chi connectivity index (χ1v) is 14.2. The van der Waals surface area contributed by atoms with Crippen molar-refractivity contribution < 1.29 is 19.0 Å². The SMILES string of the molecule is CC(C)(C)OC(=O)CCOCCOCC[PH](c1ccccc1)(c1ccccc1)c1ccccc1. The van der Waals surface area contributed by atoms with Crippen LogP contribution in [-0.4, -0.2) is 44.2 Å². The monoisotopic (exact) mass is 480 g/mol. The van der Waals surface area contributed by atoms with Crippen molar-refractivity contribution in [3.8, 4) is 0 Å². The molecular formula is C29H37O4P. The van der Waals surface area contributed by atoms with Gasteiger partial charge in [0.05, 0.1) is 0 Å². The number of benzene rings is 3. The fourth-order valence-electron chi connectivity index (χ4n) is 4.20. The first-order valence-electron chi connectivity index (χ1n) is 12.0. The van der Waals surface area contributed by atoms with Crippen molar-refractivity contribution >= 4 is 29.1 Å². The van der Waals surface area contributed by atoms with Crippen molar-refractivity contribution in [1.82, 2.24) is 0 Å². The van der Waals surface area contributed by atoms with Gasteiger partial charge in [0.25, 0.3) is 0 Å². The number of hydrogen-bond donors (Lipinski definition) is 0. The molecule has 0 aliphatic heterocycles. The van der Waals surface area contributed by atoms with Crippen LogP contribution in [0.15, 0.2) is 91.0 Å². The number of esters is 1. The van der Waals surface area contributed by atoms with E-state index in [1.807, 2.05) is 20.8 Å². The van der Waals surface area contributed by atoms with Gasteiger partial charge in [-0.2, -0.15) is 0 Å². The minimum absolute atomic E-state index is 0.238. The van der Waals surface area contributed by atoms with Gasteiger partial charge in [-0.3, -0.25) is 0 Å². The number of rotatable bonds is 12. The maximum atomic E-state index is 11.8. The van der Waals surface area contributed by atoms with E-state index in [0.717, 1.165) is 6.16 Å². The fourth-order valence-corrected chi connectivity index (χ4v) is 8.80. The molecule has 0 bridgehead atoms. The van der Waals surface area contributed by atoms with Crippen molar-refractivity contribution in [2.45, 2.75) is 32.8 Å². The van der Waals surface area contributed by atoms with E-state index < -0.39 is 12.9 Å². The Morgan fingerprint density at radius 1 is 0.647 bits per heavy atom. The van der Waals surface area contributed by atoms with Crippen molar-refractivity contribution in [2.75, 3.05) is 32.6 Å². The standard InChI is InChI=1S/C29H37O4P/c1-29(2,3)33-28(30)19-20-31-21-22-32-23-24-34(25-13-7-4-8-14-25,26-15-9-5-10-16-26)27-17-11-6-12-18-27/h4-18,34H,19-24H2,1-3H3. The number of carbonyl (C=O) groups is 1.